The molecule has 1 aromatic rings. The van der Waals surface area contributed by atoms with Crippen LogP contribution in [0.5, 0.6) is 0 Å². The van der Waals surface area contributed by atoms with Crippen LogP contribution in [0.3, 0.4) is 0 Å². The number of rotatable bonds is 5. The van der Waals surface area contributed by atoms with Gasteiger partial charge in [0.2, 0.25) is 0 Å². The Morgan fingerprint density at radius 2 is 2.00 bits per heavy atom. The Morgan fingerprint density at radius 3 is 2.65 bits per heavy atom. The van der Waals surface area contributed by atoms with Crippen molar-refractivity contribution in [3.63, 3.8) is 0 Å². The monoisotopic (exact) mass is 319 g/mol. The highest BCUT2D eigenvalue weighted by Gasteiger charge is 2.23. The van der Waals surface area contributed by atoms with Crippen LogP contribution in [0.25, 0.3) is 0 Å². The first-order valence-electron chi connectivity index (χ1n) is 8.06. The number of amides is 3. The molecule has 1 aromatic carbocycles. The van der Waals surface area contributed by atoms with E-state index < -0.39 is 0 Å². The molecule has 0 saturated carbocycles. The minimum atomic E-state index is -0.286. The summed E-state index contributed by atoms with van der Waals surface area (Å²) in [4.78, 5) is 26.1. The molecule has 126 valence electrons. The van der Waals surface area contributed by atoms with E-state index in [0.29, 0.717) is 30.4 Å². The molecule has 0 aromatic heterocycles. The first kappa shape index (κ1) is 17.3. The SMILES string of the molecule is COCCNC(=O)Nc1ccc(C(=O)N2CCCC[C@H]2C)cc1. The number of benzene rings is 1. The quantitative estimate of drug-likeness (QED) is 0.819. The van der Waals surface area contributed by atoms with Gasteiger partial charge >= 0.3 is 6.03 Å². The molecule has 1 saturated heterocycles. The summed E-state index contributed by atoms with van der Waals surface area (Å²) >= 11 is 0. The average Bonchev–Trinajstić information content (AvgIpc) is 2.56. The van der Waals surface area contributed by atoms with Gasteiger partial charge in [0.25, 0.3) is 5.91 Å². The second-order valence-electron chi connectivity index (χ2n) is 5.79. The van der Waals surface area contributed by atoms with E-state index in [4.69, 9.17) is 4.74 Å². The van der Waals surface area contributed by atoms with Gasteiger partial charge in [-0.3, -0.25) is 4.79 Å². The molecule has 2 N–H and O–H groups in total. The molecule has 3 amide bonds. The van der Waals surface area contributed by atoms with E-state index in [9.17, 15) is 9.59 Å². The van der Waals surface area contributed by atoms with E-state index in [0.717, 1.165) is 19.4 Å². The van der Waals surface area contributed by atoms with Crippen molar-refractivity contribution in [2.75, 3.05) is 32.1 Å². The number of nitrogens with zero attached hydrogens (tertiary/aromatic N) is 1. The Balaban J connectivity index is 1.91. The molecule has 23 heavy (non-hydrogen) atoms. The third-order valence-corrected chi connectivity index (χ3v) is 4.05. The van der Waals surface area contributed by atoms with E-state index >= 15 is 0 Å². The van der Waals surface area contributed by atoms with Gasteiger partial charge in [0.1, 0.15) is 0 Å². The minimum Gasteiger partial charge on any atom is -0.383 e. The predicted molar refractivity (Wildman–Crippen MR) is 89.7 cm³/mol. The summed E-state index contributed by atoms with van der Waals surface area (Å²) in [5.74, 6) is 0.0632. The predicted octanol–water partition coefficient (Wildman–Crippen LogP) is 2.47. The fourth-order valence-electron chi connectivity index (χ4n) is 2.70. The van der Waals surface area contributed by atoms with E-state index in [1.54, 1.807) is 31.4 Å². The van der Waals surface area contributed by atoms with E-state index in [-0.39, 0.29) is 11.9 Å². The fraction of sp³-hybridized carbons (Fsp3) is 0.529. The first-order valence-corrected chi connectivity index (χ1v) is 8.06. The standard InChI is InChI=1S/C17H25N3O3/c1-13-5-3-4-11-20(13)16(21)14-6-8-15(9-7-14)19-17(22)18-10-12-23-2/h6-9,13H,3-5,10-12H2,1-2H3,(H2,18,19,22)/t13-/m1/s1. The van der Waals surface area contributed by atoms with Crippen molar-refractivity contribution in [2.24, 2.45) is 0 Å². The maximum absolute atomic E-state index is 12.5. The summed E-state index contributed by atoms with van der Waals surface area (Å²) in [5.41, 5.74) is 1.31. The first-order chi connectivity index (χ1) is 11.1. The Hall–Kier alpha value is -2.08. The number of methoxy groups -OCH3 is 1. The number of urea groups is 1. The molecule has 0 aliphatic carbocycles. The van der Waals surface area contributed by atoms with Crippen molar-refractivity contribution in [3.8, 4) is 0 Å². The highest BCUT2D eigenvalue weighted by molar-refractivity contribution is 5.95. The Morgan fingerprint density at radius 1 is 1.26 bits per heavy atom. The van der Waals surface area contributed by atoms with Gasteiger partial charge in [-0.15, -0.1) is 0 Å². The molecule has 6 nitrogen and oxygen atoms in total. The van der Waals surface area contributed by atoms with Crippen LogP contribution in [0.15, 0.2) is 24.3 Å². The van der Waals surface area contributed by atoms with Gasteiger partial charge in [0.05, 0.1) is 6.61 Å². The summed E-state index contributed by atoms with van der Waals surface area (Å²) in [6.07, 6.45) is 3.32. The van der Waals surface area contributed by atoms with Gasteiger partial charge < -0.3 is 20.3 Å². The molecule has 0 radical (unpaired) electrons. The summed E-state index contributed by atoms with van der Waals surface area (Å²) in [5, 5.41) is 5.40. The second-order valence-corrected chi connectivity index (χ2v) is 5.79. The van der Waals surface area contributed by atoms with E-state index in [2.05, 4.69) is 17.6 Å². The molecular formula is C17H25N3O3. The van der Waals surface area contributed by atoms with Crippen molar-refractivity contribution in [1.82, 2.24) is 10.2 Å². The van der Waals surface area contributed by atoms with Crippen LogP contribution in [-0.2, 0) is 4.74 Å². The number of likely N-dealkylation sites (tertiary alicyclic amines) is 1. The van der Waals surface area contributed by atoms with Crippen molar-refractivity contribution < 1.29 is 14.3 Å². The molecule has 1 atom stereocenters. The number of piperidine rings is 1. The lowest BCUT2D eigenvalue weighted by Gasteiger charge is -2.33. The number of hydrogen-bond acceptors (Lipinski definition) is 3. The Labute approximate surface area is 137 Å². The van der Waals surface area contributed by atoms with Crippen molar-refractivity contribution in [3.05, 3.63) is 29.8 Å². The van der Waals surface area contributed by atoms with Crippen LogP contribution in [0, 0.1) is 0 Å². The molecule has 0 spiro atoms. The van der Waals surface area contributed by atoms with E-state index in [1.807, 2.05) is 4.90 Å². The molecular weight excluding hydrogens is 294 g/mol. The van der Waals surface area contributed by atoms with Crippen LogP contribution in [0.2, 0.25) is 0 Å². The Bertz CT molecular complexity index is 530. The van der Waals surface area contributed by atoms with Gasteiger partial charge in [0, 0.05) is 37.5 Å². The van der Waals surface area contributed by atoms with Gasteiger partial charge in [-0.05, 0) is 50.5 Å². The van der Waals surface area contributed by atoms with Crippen LogP contribution in [-0.4, -0.2) is 49.7 Å². The zero-order valence-electron chi connectivity index (χ0n) is 13.8. The number of nitrogens with one attached hydrogen (secondary N) is 2. The maximum Gasteiger partial charge on any atom is 0.319 e. The minimum absolute atomic E-state index is 0.0632. The largest absolute Gasteiger partial charge is 0.383 e. The zero-order valence-corrected chi connectivity index (χ0v) is 13.8. The summed E-state index contributed by atoms with van der Waals surface area (Å²) in [6, 6.07) is 7.02. The average molecular weight is 319 g/mol. The molecule has 1 heterocycles. The number of ether oxygens (including phenoxy) is 1. The van der Waals surface area contributed by atoms with Crippen molar-refractivity contribution in [2.45, 2.75) is 32.2 Å². The smallest absolute Gasteiger partial charge is 0.319 e. The van der Waals surface area contributed by atoms with Crippen molar-refractivity contribution in [1.29, 1.82) is 0 Å². The van der Waals surface area contributed by atoms with Gasteiger partial charge in [0.15, 0.2) is 0 Å². The normalized spacial score (nSPS) is 17.7. The van der Waals surface area contributed by atoms with Crippen LogP contribution >= 0.6 is 0 Å². The maximum atomic E-state index is 12.5. The summed E-state index contributed by atoms with van der Waals surface area (Å²) in [6.45, 7) is 3.83. The van der Waals surface area contributed by atoms with Crippen LogP contribution in [0.4, 0.5) is 10.5 Å². The van der Waals surface area contributed by atoms with E-state index in [1.165, 1.54) is 6.42 Å². The Kier molecular flexibility index (Phi) is 6.40. The highest BCUT2D eigenvalue weighted by Crippen LogP contribution is 2.20. The molecule has 6 heteroatoms. The fourth-order valence-corrected chi connectivity index (χ4v) is 2.70. The van der Waals surface area contributed by atoms with Crippen molar-refractivity contribution >= 4 is 17.6 Å². The lowest BCUT2D eigenvalue weighted by molar-refractivity contribution is 0.0635. The van der Waals surface area contributed by atoms with Crippen LogP contribution < -0.4 is 10.6 Å². The van der Waals surface area contributed by atoms with Crippen LogP contribution in [0.1, 0.15) is 36.5 Å². The summed E-state index contributed by atoms with van der Waals surface area (Å²) < 4.78 is 4.87. The number of anilines is 1. The molecule has 2 rings (SSSR count). The molecule has 1 aliphatic heterocycles. The second kappa shape index (κ2) is 8.53. The third-order valence-electron chi connectivity index (χ3n) is 4.05. The highest BCUT2D eigenvalue weighted by atomic mass is 16.5. The molecule has 1 aliphatic rings. The van der Waals surface area contributed by atoms with Gasteiger partial charge in [-0.25, -0.2) is 4.79 Å². The summed E-state index contributed by atoms with van der Waals surface area (Å²) in [7, 11) is 1.58. The number of carbonyl (C=O) groups excluding carboxylic acids is 2. The zero-order chi connectivity index (χ0) is 16.7. The lowest BCUT2D eigenvalue weighted by Crippen LogP contribution is -2.42. The lowest BCUT2D eigenvalue weighted by atomic mass is 10.0. The third kappa shape index (κ3) is 4.96. The molecule has 1 fully saturated rings. The molecule has 0 unspecified atom stereocenters. The van der Waals surface area contributed by atoms with Gasteiger partial charge in [-0.2, -0.15) is 0 Å². The number of carbonyl (C=O) groups is 2. The molecule has 0 bridgehead atoms. The topological polar surface area (TPSA) is 70.7 Å². The van der Waals surface area contributed by atoms with Gasteiger partial charge in [-0.1, -0.05) is 0 Å². The number of hydrogen-bond donors (Lipinski definition) is 2.